The number of nitrogens with zero attached hydrogens (tertiary/aromatic N) is 5. The predicted octanol–water partition coefficient (Wildman–Crippen LogP) is 2.81. The first-order valence-corrected chi connectivity index (χ1v) is 9.97. The second kappa shape index (κ2) is 8.12. The van der Waals surface area contributed by atoms with Gasteiger partial charge >= 0.3 is 0 Å². The summed E-state index contributed by atoms with van der Waals surface area (Å²) in [6, 6.07) is 8.66. The Labute approximate surface area is 165 Å². The van der Waals surface area contributed by atoms with Crippen molar-refractivity contribution < 1.29 is 9.18 Å². The van der Waals surface area contributed by atoms with E-state index < -0.39 is 0 Å². The summed E-state index contributed by atoms with van der Waals surface area (Å²) >= 11 is 0. The van der Waals surface area contributed by atoms with E-state index in [2.05, 4.69) is 21.8 Å². The Hall–Kier alpha value is -2.70. The first-order chi connectivity index (χ1) is 13.6. The summed E-state index contributed by atoms with van der Waals surface area (Å²) in [4.78, 5) is 27.5. The van der Waals surface area contributed by atoms with Crippen LogP contribution in [0.1, 0.15) is 30.3 Å². The molecule has 2 saturated heterocycles. The molecule has 1 amide bonds. The highest BCUT2D eigenvalue weighted by atomic mass is 19.1. The van der Waals surface area contributed by atoms with Crippen LogP contribution in [0.3, 0.4) is 0 Å². The highest BCUT2D eigenvalue weighted by Crippen LogP contribution is 2.23. The lowest BCUT2D eigenvalue weighted by Gasteiger charge is -2.37. The van der Waals surface area contributed by atoms with Crippen LogP contribution in [0.5, 0.6) is 0 Å². The first kappa shape index (κ1) is 18.7. The second-order valence-electron chi connectivity index (χ2n) is 7.69. The van der Waals surface area contributed by atoms with E-state index in [1.807, 2.05) is 21.9 Å². The summed E-state index contributed by atoms with van der Waals surface area (Å²) < 4.78 is 14.0. The second-order valence-corrected chi connectivity index (χ2v) is 7.69. The summed E-state index contributed by atoms with van der Waals surface area (Å²) in [6.45, 7) is 6.62. The number of hydrogen-bond acceptors (Lipinski definition) is 5. The summed E-state index contributed by atoms with van der Waals surface area (Å²) in [5, 5.41) is 0. The molecule has 0 bridgehead atoms. The number of carbonyl (C=O) groups excluding carboxylic acids is 1. The minimum absolute atomic E-state index is 0.0137. The number of amides is 1. The van der Waals surface area contributed by atoms with Gasteiger partial charge in [-0.1, -0.05) is 19.1 Å². The number of piperidine rings is 1. The molecule has 1 aromatic carbocycles. The molecule has 0 N–H and O–H groups in total. The van der Waals surface area contributed by atoms with E-state index in [0.717, 1.165) is 38.4 Å². The molecular weight excluding hydrogens is 357 g/mol. The lowest BCUT2D eigenvalue weighted by Crippen LogP contribution is -2.47. The van der Waals surface area contributed by atoms with Gasteiger partial charge in [-0.2, -0.15) is 0 Å². The fraction of sp³-hybridized carbons (Fsp3) is 0.476. The molecule has 3 heterocycles. The van der Waals surface area contributed by atoms with Crippen molar-refractivity contribution in [1.82, 2.24) is 14.9 Å². The van der Waals surface area contributed by atoms with Gasteiger partial charge in [-0.05, 0) is 30.9 Å². The van der Waals surface area contributed by atoms with Gasteiger partial charge in [-0.3, -0.25) is 4.79 Å². The SMILES string of the molecule is CC1CCCN(C(=O)c2cc(N3CCN(c4ccccc4F)CC3)ncn2)C1. The van der Waals surface area contributed by atoms with Crippen LogP contribution in [0, 0.1) is 11.7 Å². The van der Waals surface area contributed by atoms with E-state index in [1.165, 1.54) is 18.8 Å². The van der Waals surface area contributed by atoms with Crippen LogP contribution in [0.2, 0.25) is 0 Å². The largest absolute Gasteiger partial charge is 0.366 e. The van der Waals surface area contributed by atoms with E-state index in [0.29, 0.717) is 30.4 Å². The van der Waals surface area contributed by atoms with E-state index in [-0.39, 0.29) is 11.7 Å². The van der Waals surface area contributed by atoms with Crippen molar-refractivity contribution in [2.24, 2.45) is 5.92 Å². The highest BCUT2D eigenvalue weighted by Gasteiger charge is 2.25. The number of para-hydroxylation sites is 1. The maximum absolute atomic E-state index is 14.0. The Morgan fingerprint density at radius 3 is 2.57 bits per heavy atom. The average Bonchev–Trinajstić information content (AvgIpc) is 2.74. The fourth-order valence-corrected chi connectivity index (χ4v) is 4.06. The van der Waals surface area contributed by atoms with Gasteiger partial charge in [0, 0.05) is 45.3 Å². The molecule has 6 nitrogen and oxygen atoms in total. The molecule has 2 aromatic rings. The van der Waals surface area contributed by atoms with Crippen molar-refractivity contribution in [1.29, 1.82) is 0 Å². The van der Waals surface area contributed by atoms with E-state index in [1.54, 1.807) is 12.1 Å². The maximum atomic E-state index is 14.0. The third-order valence-electron chi connectivity index (χ3n) is 5.61. The van der Waals surface area contributed by atoms with Gasteiger partial charge in [-0.15, -0.1) is 0 Å². The van der Waals surface area contributed by atoms with Gasteiger partial charge < -0.3 is 14.7 Å². The van der Waals surface area contributed by atoms with E-state index >= 15 is 0 Å². The molecule has 0 saturated carbocycles. The van der Waals surface area contributed by atoms with Gasteiger partial charge in [0.25, 0.3) is 5.91 Å². The lowest BCUT2D eigenvalue weighted by atomic mass is 10.00. The van der Waals surface area contributed by atoms with Gasteiger partial charge in [-0.25, -0.2) is 14.4 Å². The van der Waals surface area contributed by atoms with E-state index in [4.69, 9.17) is 0 Å². The van der Waals surface area contributed by atoms with Crippen molar-refractivity contribution in [3.63, 3.8) is 0 Å². The fourth-order valence-electron chi connectivity index (χ4n) is 4.06. The molecular formula is C21H26FN5O. The van der Waals surface area contributed by atoms with Crippen molar-refractivity contribution in [2.75, 3.05) is 49.1 Å². The number of halogens is 1. The van der Waals surface area contributed by atoms with Crippen LogP contribution in [0.15, 0.2) is 36.7 Å². The Morgan fingerprint density at radius 2 is 1.82 bits per heavy atom. The molecule has 0 aliphatic carbocycles. The molecule has 4 rings (SSSR count). The molecule has 28 heavy (non-hydrogen) atoms. The summed E-state index contributed by atoms with van der Waals surface area (Å²) in [5.74, 6) is 1.09. The standard InChI is InChI=1S/C21H26FN5O/c1-16-5-4-8-27(14-16)21(28)18-13-20(24-15-23-18)26-11-9-25(10-12-26)19-7-3-2-6-17(19)22/h2-3,6-7,13,15-16H,4-5,8-12,14H2,1H3. The smallest absolute Gasteiger partial charge is 0.272 e. The molecule has 0 radical (unpaired) electrons. The summed E-state index contributed by atoms with van der Waals surface area (Å²) in [6.07, 6.45) is 3.69. The van der Waals surface area contributed by atoms with Crippen LogP contribution in [0.25, 0.3) is 0 Å². The molecule has 1 unspecified atom stereocenters. The zero-order valence-corrected chi connectivity index (χ0v) is 16.2. The van der Waals surface area contributed by atoms with Crippen molar-refractivity contribution >= 4 is 17.4 Å². The Morgan fingerprint density at radius 1 is 1.07 bits per heavy atom. The Bertz CT molecular complexity index is 837. The molecule has 1 atom stereocenters. The van der Waals surface area contributed by atoms with Gasteiger partial charge in [0.15, 0.2) is 0 Å². The number of aromatic nitrogens is 2. The van der Waals surface area contributed by atoms with E-state index in [9.17, 15) is 9.18 Å². The molecule has 0 spiro atoms. The van der Waals surface area contributed by atoms with Crippen molar-refractivity contribution in [2.45, 2.75) is 19.8 Å². The van der Waals surface area contributed by atoms with Crippen LogP contribution in [-0.4, -0.2) is 60.0 Å². The van der Waals surface area contributed by atoms with Crippen LogP contribution in [0.4, 0.5) is 15.9 Å². The van der Waals surface area contributed by atoms with Crippen LogP contribution >= 0.6 is 0 Å². The number of carbonyl (C=O) groups is 1. The predicted molar refractivity (Wildman–Crippen MR) is 107 cm³/mol. The lowest BCUT2D eigenvalue weighted by molar-refractivity contribution is 0.0677. The summed E-state index contributed by atoms with van der Waals surface area (Å²) in [5.41, 5.74) is 1.09. The minimum atomic E-state index is -0.193. The topological polar surface area (TPSA) is 52.6 Å². The zero-order chi connectivity index (χ0) is 19.5. The van der Waals surface area contributed by atoms with Crippen molar-refractivity contribution in [3.05, 3.63) is 48.2 Å². The molecule has 2 fully saturated rings. The minimum Gasteiger partial charge on any atom is -0.366 e. The first-order valence-electron chi connectivity index (χ1n) is 9.97. The Balaban J connectivity index is 1.42. The number of anilines is 2. The van der Waals surface area contributed by atoms with Crippen LogP contribution < -0.4 is 9.80 Å². The maximum Gasteiger partial charge on any atom is 0.272 e. The molecule has 148 valence electrons. The number of benzene rings is 1. The molecule has 7 heteroatoms. The number of rotatable bonds is 3. The summed E-state index contributed by atoms with van der Waals surface area (Å²) in [7, 11) is 0. The van der Waals surface area contributed by atoms with Gasteiger partial charge in [0.2, 0.25) is 0 Å². The molecule has 2 aliphatic rings. The average molecular weight is 383 g/mol. The van der Waals surface area contributed by atoms with Gasteiger partial charge in [0.05, 0.1) is 5.69 Å². The number of likely N-dealkylation sites (tertiary alicyclic amines) is 1. The number of hydrogen-bond donors (Lipinski definition) is 0. The zero-order valence-electron chi connectivity index (χ0n) is 16.2. The highest BCUT2D eigenvalue weighted by molar-refractivity contribution is 5.93. The third kappa shape index (κ3) is 3.93. The third-order valence-corrected chi connectivity index (χ3v) is 5.61. The Kier molecular flexibility index (Phi) is 5.41. The number of piperazine rings is 1. The normalized spacial score (nSPS) is 20.4. The molecule has 1 aromatic heterocycles. The molecule has 2 aliphatic heterocycles. The quantitative estimate of drug-likeness (QED) is 0.816. The monoisotopic (exact) mass is 383 g/mol. The van der Waals surface area contributed by atoms with Crippen LogP contribution in [-0.2, 0) is 0 Å². The van der Waals surface area contributed by atoms with Crippen molar-refractivity contribution in [3.8, 4) is 0 Å². The van der Waals surface area contributed by atoms with Gasteiger partial charge in [0.1, 0.15) is 23.7 Å².